The Bertz CT molecular complexity index is 844. The smallest absolute Gasteiger partial charge is 0.345 e. The van der Waals surface area contributed by atoms with Crippen molar-refractivity contribution in [1.29, 1.82) is 0 Å². The van der Waals surface area contributed by atoms with Crippen molar-refractivity contribution in [3.05, 3.63) is 35.9 Å². The monoisotopic (exact) mass is 424 g/mol. The Morgan fingerprint density at radius 1 is 1.10 bits per heavy atom. The molecule has 3 aliphatic heterocycles. The first-order valence-electron chi connectivity index (χ1n) is 11.9. The van der Waals surface area contributed by atoms with Crippen LogP contribution in [-0.4, -0.2) is 71.1 Å². The fraction of sp³-hybridized carbons (Fsp3) is 0.667. The van der Waals surface area contributed by atoms with E-state index in [1.807, 2.05) is 30.3 Å². The van der Waals surface area contributed by atoms with Crippen LogP contribution < -0.4 is 5.32 Å². The van der Waals surface area contributed by atoms with E-state index in [4.69, 9.17) is 4.84 Å². The maximum absolute atomic E-state index is 13.0. The van der Waals surface area contributed by atoms with Crippen LogP contribution in [0.4, 0.5) is 4.79 Å². The number of urea groups is 1. The van der Waals surface area contributed by atoms with Crippen LogP contribution in [0.3, 0.4) is 0 Å². The maximum atomic E-state index is 13.0. The highest BCUT2D eigenvalue weighted by atomic mass is 16.7. The fourth-order valence-corrected chi connectivity index (χ4v) is 6.13. The molecule has 6 rings (SSSR count). The molecule has 0 radical (unpaired) electrons. The van der Waals surface area contributed by atoms with Gasteiger partial charge in [-0.05, 0) is 55.4 Å². The summed E-state index contributed by atoms with van der Waals surface area (Å²) in [6, 6.07) is 9.65. The Labute approximate surface area is 183 Å². The summed E-state index contributed by atoms with van der Waals surface area (Å²) >= 11 is 0. The van der Waals surface area contributed by atoms with Gasteiger partial charge in [0.15, 0.2) is 0 Å². The zero-order valence-corrected chi connectivity index (χ0v) is 18.0. The van der Waals surface area contributed by atoms with Crippen LogP contribution >= 0.6 is 0 Å². The van der Waals surface area contributed by atoms with Crippen LogP contribution in [0, 0.1) is 11.3 Å². The van der Waals surface area contributed by atoms with Crippen molar-refractivity contribution >= 4 is 11.9 Å². The zero-order chi connectivity index (χ0) is 21.0. The standard InChI is InChI=1S/C24H32N4O3/c29-22(25-19-10-24(11-19)15-26(16-24)12-17-6-7-17)21-9-8-20-13-27(21)23(30)28(20)31-14-18-4-2-1-3-5-18/h1-5,17,19-21H,6-16H2,(H,25,29)/t20-,21+/m1/s1. The van der Waals surface area contributed by atoms with Crippen LogP contribution in [0.25, 0.3) is 0 Å². The van der Waals surface area contributed by atoms with E-state index in [1.54, 1.807) is 4.90 Å². The van der Waals surface area contributed by atoms with Crippen molar-refractivity contribution in [3.63, 3.8) is 0 Å². The quantitative estimate of drug-likeness (QED) is 0.730. The number of benzene rings is 1. The number of rotatable bonds is 7. The number of nitrogens with zero attached hydrogens (tertiary/aromatic N) is 3. The molecule has 166 valence electrons. The first-order chi connectivity index (χ1) is 15.1. The van der Waals surface area contributed by atoms with Gasteiger partial charge in [0.05, 0.1) is 6.04 Å². The summed E-state index contributed by atoms with van der Waals surface area (Å²) in [7, 11) is 0. The number of hydrogen-bond acceptors (Lipinski definition) is 4. The number of piperidine rings is 1. The fourth-order valence-electron chi connectivity index (χ4n) is 6.13. The van der Waals surface area contributed by atoms with E-state index in [9.17, 15) is 9.59 Å². The topological polar surface area (TPSA) is 65.1 Å². The largest absolute Gasteiger partial charge is 0.352 e. The lowest BCUT2D eigenvalue weighted by Gasteiger charge is -2.59. The molecule has 1 N–H and O–H groups in total. The van der Waals surface area contributed by atoms with E-state index < -0.39 is 0 Å². The number of hydrogen-bond donors (Lipinski definition) is 1. The molecule has 1 spiro atoms. The molecule has 2 bridgehead atoms. The molecular weight excluding hydrogens is 392 g/mol. The number of likely N-dealkylation sites (tertiary alicyclic amines) is 1. The van der Waals surface area contributed by atoms with E-state index in [0.717, 1.165) is 30.7 Å². The molecule has 3 heterocycles. The summed E-state index contributed by atoms with van der Waals surface area (Å²) in [5, 5.41) is 4.74. The molecule has 2 saturated carbocycles. The van der Waals surface area contributed by atoms with Crippen LogP contribution in [0.2, 0.25) is 0 Å². The summed E-state index contributed by atoms with van der Waals surface area (Å²) in [4.78, 5) is 36.1. The van der Waals surface area contributed by atoms with Gasteiger partial charge in [0.2, 0.25) is 5.91 Å². The highest BCUT2D eigenvalue weighted by Crippen LogP contribution is 2.49. The van der Waals surface area contributed by atoms with Crippen LogP contribution in [0.5, 0.6) is 0 Å². The molecule has 0 unspecified atom stereocenters. The van der Waals surface area contributed by atoms with Crippen LogP contribution in [-0.2, 0) is 16.2 Å². The first-order valence-corrected chi connectivity index (χ1v) is 11.9. The third-order valence-corrected chi connectivity index (χ3v) is 7.88. The second-order valence-electron chi connectivity index (χ2n) is 10.5. The van der Waals surface area contributed by atoms with Gasteiger partial charge >= 0.3 is 6.03 Å². The molecule has 2 aliphatic carbocycles. The second kappa shape index (κ2) is 7.48. The lowest BCUT2D eigenvalue weighted by Crippen LogP contribution is -2.67. The van der Waals surface area contributed by atoms with E-state index >= 15 is 0 Å². The Kier molecular flexibility index (Phi) is 4.72. The average Bonchev–Trinajstić information content (AvgIpc) is 3.51. The van der Waals surface area contributed by atoms with Gasteiger partial charge in [0.1, 0.15) is 12.6 Å². The molecule has 2 atom stereocenters. The molecule has 7 nitrogen and oxygen atoms in total. The summed E-state index contributed by atoms with van der Waals surface area (Å²) in [5.74, 6) is 0.975. The van der Waals surface area contributed by atoms with E-state index in [2.05, 4.69) is 10.2 Å². The van der Waals surface area contributed by atoms with Crippen LogP contribution in [0.15, 0.2) is 30.3 Å². The summed E-state index contributed by atoms with van der Waals surface area (Å²) in [6.45, 7) is 4.65. The van der Waals surface area contributed by atoms with Gasteiger partial charge in [-0.1, -0.05) is 30.3 Å². The van der Waals surface area contributed by atoms with E-state index in [-0.39, 0.29) is 30.1 Å². The molecule has 1 aromatic rings. The molecule has 3 amide bonds. The number of fused-ring (bicyclic) bond motifs is 2. The van der Waals surface area contributed by atoms with Crippen LogP contribution in [0.1, 0.15) is 44.1 Å². The number of hydroxylamine groups is 2. The minimum Gasteiger partial charge on any atom is -0.352 e. The van der Waals surface area contributed by atoms with E-state index in [0.29, 0.717) is 25.0 Å². The Morgan fingerprint density at radius 2 is 1.87 bits per heavy atom. The van der Waals surface area contributed by atoms with Gasteiger partial charge in [0.25, 0.3) is 0 Å². The highest BCUT2D eigenvalue weighted by molar-refractivity contribution is 5.88. The van der Waals surface area contributed by atoms with Gasteiger partial charge in [-0.3, -0.25) is 9.63 Å². The van der Waals surface area contributed by atoms with Crippen molar-refractivity contribution in [2.45, 2.75) is 63.3 Å². The molecule has 3 saturated heterocycles. The summed E-state index contributed by atoms with van der Waals surface area (Å²) < 4.78 is 0. The van der Waals surface area contributed by atoms with Gasteiger partial charge in [-0.2, -0.15) is 5.06 Å². The van der Waals surface area contributed by atoms with Crippen molar-refractivity contribution in [2.75, 3.05) is 26.2 Å². The van der Waals surface area contributed by atoms with Crippen molar-refractivity contribution in [1.82, 2.24) is 20.2 Å². The number of nitrogens with one attached hydrogen (secondary N) is 1. The normalized spacial score (nSPS) is 29.7. The third kappa shape index (κ3) is 3.72. The van der Waals surface area contributed by atoms with Gasteiger partial charge < -0.3 is 15.1 Å². The number of amides is 3. The second-order valence-corrected chi connectivity index (χ2v) is 10.5. The highest BCUT2D eigenvalue weighted by Gasteiger charge is 2.54. The third-order valence-electron chi connectivity index (χ3n) is 7.88. The number of carbonyl (C=O) groups excluding carboxylic acids is 2. The first kappa shape index (κ1) is 19.6. The van der Waals surface area contributed by atoms with Gasteiger partial charge in [-0.15, -0.1) is 0 Å². The summed E-state index contributed by atoms with van der Waals surface area (Å²) in [5.41, 5.74) is 1.49. The van der Waals surface area contributed by atoms with Crippen molar-refractivity contribution < 1.29 is 14.4 Å². The SMILES string of the molecule is O=C(NC1CC2(C1)CN(CC1CC1)C2)[C@@H]1CC[C@@H]2CN1C(=O)N2OCc1ccccc1. The molecule has 5 fully saturated rings. The van der Waals surface area contributed by atoms with Crippen molar-refractivity contribution in [3.8, 4) is 0 Å². The maximum Gasteiger partial charge on any atom is 0.345 e. The Morgan fingerprint density at radius 3 is 2.61 bits per heavy atom. The molecular formula is C24H32N4O3. The lowest BCUT2D eigenvalue weighted by molar-refractivity contribution is -0.140. The minimum atomic E-state index is -0.363. The predicted octanol–water partition coefficient (Wildman–Crippen LogP) is 2.38. The number of carbonyl (C=O) groups is 2. The zero-order valence-electron chi connectivity index (χ0n) is 18.0. The Balaban J connectivity index is 0.986. The molecule has 31 heavy (non-hydrogen) atoms. The lowest BCUT2D eigenvalue weighted by atomic mass is 9.60. The van der Waals surface area contributed by atoms with Crippen molar-refractivity contribution in [2.24, 2.45) is 11.3 Å². The predicted molar refractivity (Wildman–Crippen MR) is 115 cm³/mol. The van der Waals surface area contributed by atoms with Gasteiger partial charge in [-0.25, -0.2) is 4.79 Å². The molecule has 5 aliphatic rings. The average molecular weight is 425 g/mol. The summed E-state index contributed by atoms with van der Waals surface area (Å²) in [6.07, 6.45) is 6.52. The van der Waals surface area contributed by atoms with E-state index in [1.165, 1.54) is 37.5 Å². The van der Waals surface area contributed by atoms with Gasteiger partial charge in [0, 0.05) is 32.2 Å². The molecule has 1 aromatic carbocycles. The molecule has 7 heteroatoms. The Hall–Kier alpha value is -2.12. The molecule has 0 aromatic heterocycles. The minimum absolute atomic E-state index is 0.0192.